The van der Waals surface area contributed by atoms with Crippen molar-refractivity contribution >= 4 is 17.1 Å². The maximum Gasteiger partial charge on any atom is 0.132 e. The van der Waals surface area contributed by atoms with Crippen LogP contribution in [0, 0.1) is 0 Å². The molecule has 0 bridgehead atoms. The number of rotatable bonds is 5. The Bertz CT molecular complexity index is 2510. The van der Waals surface area contributed by atoms with Crippen molar-refractivity contribution in [3.8, 4) is 44.9 Å². The molecule has 8 aromatic rings. The van der Waals surface area contributed by atoms with Crippen LogP contribution in [0.1, 0.15) is 22.3 Å². The van der Waals surface area contributed by atoms with E-state index in [4.69, 9.17) is 4.74 Å². The third-order valence-corrected chi connectivity index (χ3v) is 10.5. The van der Waals surface area contributed by atoms with E-state index in [1.807, 2.05) is 0 Å². The number of hydrogen-bond acceptors (Lipinski definition) is 2. The Kier molecular flexibility index (Phi) is 6.75. The van der Waals surface area contributed by atoms with E-state index in [0.29, 0.717) is 0 Å². The van der Waals surface area contributed by atoms with E-state index in [1.165, 1.54) is 44.5 Å². The van der Waals surface area contributed by atoms with Crippen molar-refractivity contribution in [2.24, 2.45) is 0 Å². The van der Waals surface area contributed by atoms with Crippen LogP contribution in [0.25, 0.3) is 33.4 Å². The second-order valence-electron chi connectivity index (χ2n) is 13.3. The molecule has 240 valence electrons. The van der Waals surface area contributed by atoms with Gasteiger partial charge >= 0.3 is 0 Å². The molecule has 51 heavy (non-hydrogen) atoms. The van der Waals surface area contributed by atoms with Crippen molar-refractivity contribution in [3.63, 3.8) is 0 Å². The van der Waals surface area contributed by atoms with Crippen LogP contribution in [0.4, 0.5) is 17.1 Å². The van der Waals surface area contributed by atoms with Gasteiger partial charge in [-0.1, -0.05) is 152 Å². The average Bonchev–Trinajstić information content (AvgIpc) is 3.49. The molecule has 1 spiro atoms. The molecule has 1 aliphatic heterocycles. The molecular formula is C49H33NO. The van der Waals surface area contributed by atoms with Crippen molar-refractivity contribution in [1.29, 1.82) is 0 Å². The summed E-state index contributed by atoms with van der Waals surface area (Å²) in [4.78, 5) is 2.42. The van der Waals surface area contributed by atoms with Crippen molar-refractivity contribution in [1.82, 2.24) is 0 Å². The molecule has 0 N–H and O–H groups in total. The van der Waals surface area contributed by atoms with E-state index in [0.717, 1.165) is 39.7 Å². The Morgan fingerprint density at radius 2 is 0.882 bits per heavy atom. The maximum absolute atomic E-state index is 6.61. The zero-order chi connectivity index (χ0) is 33.8. The van der Waals surface area contributed by atoms with Gasteiger partial charge in [0.05, 0.1) is 11.1 Å². The van der Waals surface area contributed by atoms with Gasteiger partial charge in [0.1, 0.15) is 11.5 Å². The van der Waals surface area contributed by atoms with Crippen molar-refractivity contribution in [3.05, 3.63) is 222 Å². The first-order valence-corrected chi connectivity index (χ1v) is 17.5. The molecular weight excluding hydrogens is 619 g/mol. The molecule has 0 fully saturated rings. The fourth-order valence-electron chi connectivity index (χ4n) is 8.38. The predicted octanol–water partition coefficient (Wildman–Crippen LogP) is 13.0. The van der Waals surface area contributed by atoms with Crippen LogP contribution in [0.3, 0.4) is 0 Å². The van der Waals surface area contributed by atoms with Gasteiger partial charge in [-0.15, -0.1) is 0 Å². The number of ether oxygens (including phenoxy) is 1. The maximum atomic E-state index is 6.61. The SMILES string of the molecule is c1ccc(-c2ccc(N(c3ccccc3)c3ccc4c(c3)C3(c5ccccc5Oc5ccccc53)c3ccccc3-4)c(-c3ccccc3)c2)cc1. The van der Waals surface area contributed by atoms with Gasteiger partial charge in [-0.3, -0.25) is 0 Å². The lowest BCUT2D eigenvalue weighted by molar-refractivity contribution is 0.436. The Balaban J connectivity index is 1.26. The normalized spacial score (nSPS) is 13.0. The van der Waals surface area contributed by atoms with Crippen LogP contribution >= 0.6 is 0 Å². The van der Waals surface area contributed by atoms with Crippen LogP contribution < -0.4 is 9.64 Å². The van der Waals surface area contributed by atoms with Crippen molar-refractivity contribution in [2.45, 2.75) is 5.41 Å². The molecule has 0 aromatic heterocycles. The van der Waals surface area contributed by atoms with Crippen molar-refractivity contribution < 1.29 is 4.74 Å². The number of anilines is 3. The number of benzene rings is 8. The molecule has 0 atom stereocenters. The molecule has 1 aliphatic carbocycles. The zero-order valence-electron chi connectivity index (χ0n) is 27.9. The molecule has 2 heteroatoms. The first kappa shape index (κ1) is 29.3. The van der Waals surface area contributed by atoms with E-state index in [2.05, 4.69) is 205 Å². The third kappa shape index (κ3) is 4.50. The summed E-state index contributed by atoms with van der Waals surface area (Å²) in [7, 11) is 0. The van der Waals surface area contributed by atoms with E-state index in [9.17, 15) is 0 Å². The molecule has 2 nitrogen and oxygen atoms in total. The van der Waals surface area contributed by atoms with Crippen LogP contribution in [0.2, 0.25) is 0 Å². The van der Waals surface area contributed by atoms with Crippen LogP contribution in [-0.2, 0) is 5.41 Å². The summed E-state index contributed by atoms with van der Waals surface area (Å²) in [5.74, 6) is 1.79. The lowest BCUT2D eigenvalue weighted by atomic mass is 9.66. The molecule has 0 saturated carbocycles. The largest absolute Gasteiger partial charge is 0.457 e. The van der Waals surface area contributed by atoms with E-state index < -0.39 is 5.41 Å². The molecule has 8 aromatic carbocycles. The molecule has 0 amide bonds. The lowest BCUT2D eigenvalue weighted by Gasteiger charge is -2.39. The summed E-state index contributed by atoms with van der Waals surface area (Å²) in [6, 6.07) is 72.1. The summed E-state index contributed by atoms with van der Waals surface area (Å²) in [6.45, 7) is 0. The standard InChI is InChI=1S/C49H33NO/c1-4-16-34(17-5-1)36-28-31-46(41(32-36)35-18-6-2-7-19-35)50(37-20-8-3-9-21-37)38-29-30-40-39-22-10-11-23-42(39)49(45(40)33-38)43-24-12-14-26-47(43)51-48-27-15-13-25-44(48)49/h1-33H. The fourth-order valence-corrected chi connectivity index (χ4v) is 8.38. The lowest BCUT2D eigenvalue weighted by Crippen LogP contribution is -2.32. The second kappa shape index (κ2) is 11.8. The number of nitrogens with zero attached hydrogens (tertiary/aromatic N) is 1. The Morgan fingerprint density at radius 1 is 0.333 bits per heavy atom. The fraction of sp³-hybridized carbons (Fsp3) is 0.0204. The minimum Gasteiger partial charge on any atom is -0.457 e. The van der Waals surface area contributed by atoms with Gasteiger partial charge in [0.25, 0.3) is 0 Å². The quantitative estimate of drug-likeness (QED) is 0.184. The van der Waals surface area contributed by atoms with Gasteiger partial charge < -0.3 is 9.64 Å². The van der Waals surface area contributed by atoms with Gasteiger partial charge in [0.2, 0.25) is 0 Å². The van der Waals surface area contributed by atoms with E-state index in [1.54, 1.807) is 0 Å². The number of para-hydroxylation sites is 3. The molecule has 1 heterocycles. The summed E-state index contributed by atoms with van der Waals surface area (Å²) in [5.41, 5.74) is 14.8. The third-order valence-electron chi connectivity index (χ3n) is 10.5. The minimum absolute atomic E-state index is 0.546. The second-order valence-corrected chi connectivity index (χ2v) is 13.3. The van der Waals surface area contributed by atoms with E-state index >= 15 is 0 Å². The molecule has 0 unspecified atom stereocenters. The molecule has 0 saturated heterocycles. The minimum atomic E-state index is -0.546. The van der Waals surface area contributed by atoms with Gasteiger partial charge in [0, 0.05) is 28.1 Å². The van der Waals surface area contributed by atoms with Gasteiger partial charge in [0.15, 0.2) is 0 Å². The van der Waals surface area contributed by atoms with Gasteiger partial charge in [-0.25, -0.2) is 0 Å². The number of fused-ring (bicyclic) bond motifs is 9. The molecule has 10 rings (SSSR count). The summed E-state index contributed by atoms with van der Waals surface area (Å²) in [6.07, 6.45) is 0. The van der Waals surface area contributed by atoms with Gasteiger partial charge in [-0.2, -0.15) is 0 Å². The Labute approximate surface area is 298 Å². The van der Waals surface area contributed by atoms with Crippen molar-refractivity contribution in [2.75, 3.05) is 4.90 Å². The highest BCUT2D eigenvalue weighted by Gasteiger charge is 2.51. The van der Waals surface area contributed by atoms with E-state index in [-0.39, 0.29) is 0 Å². The Hall–Kier alpha value is -6.64. The van der Waals surface area contributed by atoms with Crippen LogP contribution in [-0.4, -0.2) is 0 Å². The summed E-state index contributed by atoms with van der Waals surface area (Å²) < 4.78 is 6.61. The highest BCUT2D eigenvalue weighted by atomic mass is 16.5. The average molecular weight is 652 g/mol. The first-order valence-electron chi connectivity index (χ1n) is 17.5. The monoisotopic (exact) mass is 651 g/mol. The van der Waals surface area contributed by atoms with Crippen LogP contribution in [0.15, 0.2) is 200 Å². The van der Waals surface area contributed by atoms with Crippen LogP contribution in [0.5, 0.6) is 11.5 Å². The molecule has 0 radical (unpaired) electrons. The topological polar surface area (TPSA) is 12.5 Å². The zero-order valence-corrected chi connectivity index (χ0v) is 27.9. The Morgan fingerprint density at radius 3 is 1.57 bits per heavy atom. The highest BCUT2D eigenvalue weighted by Crippen LogP contribution is 2.62. The highest BCUT2D eigenvalue weighted by molar-refractivity contribution is 5.94. The summed E-state index contributed by atoms with van der Waals surface area (Å²) in [5, 5.41) is 0. The summed E-state index contributed by atoms with van der Waals surface area (Å²) >= 11 is 0. The number of hydrogen-bond donors (Lipinski definition) is 0. The predicted molar refractivity (Wildman–Crippen MR) is 209 cm³/mol. The molecule has 2 aliphatic rings. The first-order chi connectivity index (χ1) is 25.3. The smallest absolute Gasteiger partial charge is 0.132 e. The van der Waals surface area contributed by atoms with Gasteiger partial charge in [-0.05, 0) is 87.5 Å².